The highest BCUT2D eigenvalue weighted by Gasteiger charge is 2.29. The van der Waals surface area contributed by atoms with Crippen molar-refractivity contribution in [3.05, 3.63) is 29.8 Å². The summed E-state index contributed by atoms with van der Waals surface area (Å²) in [4.78, 5) is 14.9. The summed E-state index contributed by atoms with van der Waals surface area (Å²) >= 11 is 0. The van der Waals surface area contributed by atoms with Crippen molar-refractivity contribution in [1.29, 1.82) is 5.26 Å². The molecule has 1 aliphatic heterocycles. The van der Waals surface area contributed by atoms with E-state index in [0.717, 1.165) is 51.1 Å². The molecule has 25 heavy (non-hydrogen) atoms. The Labute approximate surface area is 148 Å². The van der Waals surface area contributed by atoms with Gasteiger partial charge >= 0.3 is 6.09 Å². The monoisotopic (exact) mass is 343 g/mol. The van der Waals surface area contributed by atoms with Gasteiger partial charge in [0.05, 0.1) is 18.2 Å². The zero-order valence-electron chi connectivity index (χ0n) is 14.4. The van der Waals surface area contributed by atoms with Crippen LogP contribution in [-0.4, -0.2) is 59.8 Å². The summed E-state index contributed by atoms with van der Waals surface area (Å²) in [5.41, 5.74) is 0.649. The van der Waals surface area contributed by atoms with E-state index in [1.54, 1.807) is 12.1 Å². The molecular weight excluding hydrogens is 318 g/mol. The molecule has 0 spiro atoms. The SMILES string of the molecule is N#Cc1ccc(OCC2CCC(N3CCN(C(=O)O)CC3)CC2)cc1. The van der Waals surface area contributed by atoms with Crippen molar-refractivity contribution in [2.75, 3.05) is 32.8 Å². The van der Waals surface area contributed by atoms with Gasteiger partial charge in [-0.15, -0.1) is 0 Å². The van der Waals surface area contributed by atoms with Gasteiger partial charge in [-0.05, 0) is 55.9 Å². The molecule has 1 saturated carbocycles. The fourth-order valence-corrected chi connectivity index (χ4v) is 3.79. The molecule has 1 aromatic rings. The van der Waals surface area contributed by atoms with Crippen LogP contribution in [0.2, 0.25) is 0 Å². The Balaban J connectivity index is 1.38. The number of nitriles is 1. The maximum Gasteiger partial charge on any atom is 0.407 e. The normalized spacial score (nSPS) is 24.5. The molecule has 1 aromatic carbocycles. The first-order valence-electron chi connectivity index (χ1n) is 9.00. The van der Waals surface area contributed by atoms with Gasteiger partial charge in [0, 0.05) is 32.2 Å². The van der Waals surface area contributed by atoms with E-state index in [1.807, 2.05) is 12.1 Å². The number of carboxylic acid groups (broad SMARTS) is 1. The Morgan fingerprint density at radius 3 is 2.32 bits per heavy atom. The van der Waals surface area contributed by atoms with Crippen LogP contribution in [-0.2, 0) is 0 Å². The average Bonchev–Trinajstić information content (AvgIpc) is 2.67. The number of hydrogen-bond acceptors (Lipinski definition) is 4. The molecule has 1 N–H and O–H groups in total. The molecule has 0 radical (unpaired) electrons. The Bertz CT molecular complexity index is 610. The number of carbonyl (C=O) groups is 1. The van der Waals surface area contributed by atoms with E-state index in [1.165, 1.54) is 4.90 Å². The summed E-state index contributed by atoms with van der Waals surface area (Å²) in [5, 5.41) is 17.8. The van der Waals surface area contributed by atoms with Crippen molar-refractivity contribution < 1.29 is 14.6 Å². The molecule has 1 heterocycles. The summed E-state index contributed by atoms with van der Waals surface area (Å²) < 4.78 is 5.87. The van der Waals surface area contributed by atoms with Crippen LogP contribution in [0, 0.1) is 17.2 Å². The minimum absolute atomic E-state index is 0.576. The number of benzene rings is 1. The highest BCUT2D eigenvalue weighted by atomic mass is 16.5. The minimum atomic E-state index is -0.802. The van der Waals surface area contributed by atoms with E-state index in [2.05, 4.69) is 11.0 Å². The van der Waals surface area contributed by atoms with Crippen LogP contribution in [0.25, 0.3) is 0 Å². The molecule has 1 aliphatic carbocycles. The number of amides is 1. The average molecular weight is 343 g/mol. The lowest BCUT2D eigenvalue weighted by Gasteiger charge is -2.41. The maximum absolute atomic E-state index is 11.0. The largest absolute Gasteiger partial charge is 0.493 e. The second-order valence-corrected chi connectivity index (χ2v) is 6.93. The summed E-state index contributed by atoms with van der Waals surface area (Å²) in [6.45, 7) is 3.67. The van der Waals surface area contributed by atoms with Crippen LogP contribution in [0.3, 0.4) is 0 Å². The third-order valence-corrected chi connectivity index (χ3v) is 5.39. The Kier molecular flexibility index (Phi) is 5.77. The van der Waals surface area contributed by atoms with Gasteiger partial charge in [-0.2, -0.15) is 5.26 Å². The molecule has 1 saturated heterocycles. The van der Waals surface area contributed by atoms with Crippen molar-refractivity contribution in [3.8, 4) is 11.8 Å². The van der Waals surface area contributed by atoms with Gasteiger partial charge in [-0.3, -0.25) is 4.90 Å². The molecule has 6 heteroatoms. The van der Waals surface area contributed by atoms with E-state index in [0.29, 0.717) is 30.6 Å². The minimum Gasteiger partial charge on any atom is -0.493 e. The predicted molar refractivity (Wildman–Crippen MR) is 93.6 cm³/mol. The van der Waals surface area contributed by atoms with Crippen molar-refractivity contribution >= 4 is 6.09 Å². The second kappa shape index (κ2) is 8.21. The van der Waals surface area contributed by atoms with Gasteiger partial charge in [-0.25, -0.2) is 4.79 Å². The third kappa shape index (κ3) is 4.64. The molecule has 3 rings (SSSR count). The van der Waals surface area contributed by atoms with Gasteiger partial charge in [0.1, 0.15) is 5.75 Å². The Hall–Kier alpha value is -2.26. The molecule has 0 atom stereocenters. The topological polar surface area (TPSA) is 76.8 Å². The number of hydrogen-bond donors (Lipinski definition) is 1. The van der Waals surface area contributed by atoms with Gasteiger partial charge in [0.2, 0.25) is 0 Å². The number of rotatable bonds is 4. The maximum atomic E-state index is 11.0. The first-order chi connectivity index (χ1) is 12.2. The smallest absolute Gasteiger partial charge is 0.407 e. The quantitative estimate of drug-likeness (QED) is 0.910. The number of piperazine rings is 1. The van der Waals surface area contributed by atoms with E-state index >= 15 is 0 Å². The van der Waals surface area contributed by atoms with Gasteiger partial charge in [0.25, 0.3) is 0 Å². The zero-order chi connectivity index (χ0) is 17.6. The van der Waals surface area contributed by atoms with E-state index in [9.17, 15) is 4.79 Å². The van der Waals surface area contributed by atoms with Crippen LogP contribution < -0.4 is 4.74 Å². The highest BCUT2D eigenvalue weighted by molar-refractivity contribution is 5.65. The summed E-state index contributed by atoms with van der Waals surface area (Å²) in [6, 6.07) is 9.96. The molecule has 0 bridgehead atoms. The third-order valence-electron chi connectivity index (χ3n) is 5.39. The number of nitrogens with zero attached hydrogens (tertiary/aromatic N) is 3. The van der Waals surface area contributed by atoms with Crippen molar-refractivity contribution in [2.24, 2.45) is 5.92 Å². The van der Waals surface area contributed by atoms with Crippen LogP contribution in [0.15, 0.2) is 24.3 Å². The Morgan fingerprint density at radius 1 is 1.12 bits per heavy atom. The van der Waals surface area contributed by atoms with Crippen LogP contribution in [0.4, 0.5) is 4.79 Å². The first kappa shape index (κ1) is 17.6. The van der Waals surface area contributed by atoms with Crippen molar-refractivity contribution in [2.45, 2.75) is 31.7 Å². The van der Waals surface area contributed by atoms with Crippen LogP contribution in [0.5, 0.6) is 5.75 Å². The molecule has 2 aliphatic rings. The van der Waals surface area contributed by atoms with Crippen molar-refractivity contribution in [3.63, 3.8) is 0 Å². The summed E-state index contributed by atoms with van der Waals surface area (Å²) in [6.07, 6.45) is 3.83. The summed E-state index contributed by atoms with van der Waals surface area (Å²) in [5.74, 6) is 1.40. The summed E-state index contributed by atoms with van der Waals surface area (Å²) in [7, 11) is 0. The first-order valence-corrected chi connectivity index (χ1v) is 9.00. The second-order valence-electron chi connectivity index (χ2n) is 6.93. The van der Waals surface area contributed by atoms with Crippen LogP contribution in [0.1, 0.15) is 31.2 Å². The van der Waals surface area contributed by atoms with Gasteiger partial charge in [-0.1, -0.05) is 0 Å². The molecule has 0 aromatic heterocycles. The fraction of sp³-hybridized carbons (Fsp3) is 0.579. The molecule has 0 unspecified atom stereocenters. The molecule has 6 nitrogen and oxygen atoms in total. The van der Waals surface area contributed by atoms with Crippen LogP contribution >= 0.6 is 0 Å². The molecule has 134 valence electrons. The van der Waals surface area contributed by atoms with E-state index in [-0.39, 0.29) is 0 Å². The van der Waals surface area contributed by atoms with Gasteiger partial charge in [0.15, 0.2) is 0 Å². The lowest BCUT2D eigenvalue weighted by Crippen LogP contribution is -2.52. The highest BCUT2D eigenvalue weighted by Crippen LogP contribution is 2.29. The Morgan fingerprint density at radius 2 is 1.76 bits per heavy atom. The molecular formula is C19H25N3O3. The molecule has 2 fully saturated rings. The van der Waals surface area contributed by atoms with Gasteiger partial charge < -0.3 is 14.7 Å². The van der Waals surface area contributed by atoms with E-state index < -0.39 is 6.09 Å². The zero-order valence-corrected chi connectivity index (χ0v) is 14.4. The predicted octanol–water partition coefficient (Wildman–Crippen LogP) is 2.79. The lowest BCUT2D eigenvalue weighted by atomic mass is 9.85. The fourth-order valence-electron chi connectivity index (χ4n) is 3.79. The van der Waals surface area contributed by atoms with Crippen molar-refractivity contribution in [1.82, 2.24) is 9.80 Å². The molecule has 1 amide bonds. The van der Waals surface area contributed by atoms with E-state index in [4.69, 9.17) is 15.1 Å². The number of ether oxygens (including phenoxy) is 1. The lowest BCUT2D eigenvalue weighted by molar-refractivity contribution is 0.0619. The standard InChI is InChI=1S/C19H25N3O3/c20-13-15-3-7-18(8-4-15)25-14-16-1-5-17(6-2-16)21-9-11-22(12-10-21)19(23)24/h3-4,7-8,16-17H,1-2,5-6,9-12,14H2,(H,23,24).